The first kappa shape index (κ1) is 13.1. The summed E-state index contributed by atoms with van der Waals surface area (Å²) in [6, 6.07) is 5.63. The molecule has 0 saturated heterocycles. The number of ether oxygens (including phenoxy) is 2. The fourth-order valence-electron chi connectivity index (χ4n) is 1.37. The number of hydrogen-bond acceptors (Lipinski definition) is 4. The SMILES string of the molecule is CCOC(=O)C=Cc1ccc(NC)c(OC)c1. The summed E-state index contributed by atoms with van der Waals surface area (Å²) in [5, 5.41) is 3.02. The number of carbonyl (C=O) groups is 1. The normalized spacial score (nSPS) is 10.3. The first-order valence-corrected chi connectivity index (χ1v) is 5.42. The zero-order chi connectivity index (χ0) is 12.7. The third-order valence-corrected chi connectivity index (χ3v) is 2.19. The maximum Gasteiger partial charge on any atom is 0.330 e. The highest BCUT2D eigenvalue weighted by Crippen LogP contribution is 2.25. The Morgan fingerprint density at radius 2 is 2.24 bits per heavy atom. The van der Waals surface area contributed by atoms with Crippen molar-refractivity contribution < 1.29 is 14.3 Å². The molecular weight excluding hydrogens is 218 g/mol. The third-order valence-electron chi connectivity index (χ3n) is 2.19. The molecule has 0 aromatic heterocycles. The number of anilines is 1. The molecule has 17 heavy (non-hydrogen) atoms. The van der Waals surface area contributed by atoms with Gasteiger partial charge in [-0.25, -0.2) is 4.79 Å². The van der Waals surface area contributed by atoms with Crippen LogP contribution in [0.4, 0.5) is 5.69 Å². The lowest BCUT2D eigenvalue weighted by Gasteiger charge is -2.08. The predicted molar refractivity (Wildman–Crippen MR) is 68.2 cm³/mol. The van der Waals surface area contributed by atoms with Gasteiger partial charge in [0.05, 0.1) is 19.4 Å². The van der Waals surface area contributed by atoms with E-state index in [2.05, 4.69) is 5.32 Å². The van der Waals surface area contributed by atoms with E-state index < -0.39 is 0 Å². The summed E-state index contributed by atoms with van der Waals surface area (Å²) in [5.74, 6) is 0.391. The van der Waals surface area contributed by atoms with Gasteiger partial charge < -0.3 is 14.8 Å². The van der Waals surface area contributed by atoms with Gasteiger partial charge in [-0.1, -0.05) is 6.07 Å². The van der Waals surface area contributed by atoms with Crippen molar-refractivity contribution in [2.75, 3.05) is 26.1 Å². The summed E-state index contributed by atoms with van der Waals surface area (Å²) in [6.45, 7) is 2.15. The maximum absolute atomic E-state index is 11.1. The Labute approximate surface area is 101 Å². The summed E-state index contributed by atoms with van der Waals surface area (Å²) in [5.41, 5.74) is 1.79. The van der Waals surface area contributed by atoms with Gasteiger partial charge in [0, 0.05) is 13.1 Å². The second-order valence-electron chi connectivity index (χ2n) is 3.30. The second kappa shape index (κ2) is 6.58. The largest absolute Gasteiger partial charge is 0.495 e. The Balaban J connectivity index is 2.82. The number of esters is 1. The molecule has 0 fully saturated rings. The van der Waals surface area contributed by atoms with Crippen molar-refractivity contribution in [2.24, 2.45) is 0 Å². The molecule has 0 spiro atoms. The third kappa shape index (κ3) is 3.83. The minimum atomic E-state index is -0.343. The first-order chi connectivity index (χ1) is 8.21. The maximum atomic E-state index is 11.1. The zero-order valence-corrected chi connectivity index (χ0v) is 10.3. The lowest BCUT2D eigenvalue weighted by molar-refractivity contribution is -0.137. The van der Waals surface area contributed by atoms with Gasteiger partial charge in [0.1, 0.15) is 5.75 Å². The Hall–Kier alpha value is -1.97. The van der Waals surface area contributed by atoms with E-state index in [1.165, 1.54) is 6.08 Å². The lowest BCUT2D eigenvalue weighted by atomic mass is 10.1. The Morgan fingerprint density at radius 3 is 2.82 bits per heavy atom. The van der Waals surface area contributed by atoms with Crippen molar-refractivity contribution in [3.8, 4) is 5.75 Å². The molecule has 1 N–H and O–H groups in total. The topological polar surface area (TPSA) is 47.6 Å². The van der Waals surface area contributed by atoms with Crippen molar-refractivity contribution in [1.29, 1.82) is 0 Å². The van der Waals surface area contributed by atoms with Gasteiger partial charge in [-0.2, -0.15) is 0 Å². The standard InChI is InChI=1S/C13H17NO3/c1-4-17-13(15)8-6-10-5-7-11(14-2)12(9-10)16-3/h5-9,14H,4H2,1-3H3. The summed E-state index contributed by atoms with van der Waals surface area (Å²) < 4.78 is 10.0. The molecule has 0 atom stereocenters. The number of benzene rings is 1. The molecule has 0 amide bonds. The van der Waals surface area contributed by atoms with Crippen LogP contribution in [0.1, 0.15) is 12.5 Å². The molecule has 1 aromatic carbocycles. The summed E-state index contributed by atoms with van der Waals surface area (Å²) in [4.78, 5) is 11.1. The molecule has 0 aliphatic heterocycles. The monoisotopic (exact) mass is 235 g/mol. The average molecular weight is 235 g/mol. The molecule has 0 unspecified atom stereocenters. The smallest absolute Gasteiger partial charge is 0.330 e. The van der Waals surface area contributed by atoms with Crippen LogP contribution in [0.5, 0.6) is 5.75 Å². The van der Waals surface area contributed by atoms with E-state index in [0.717, 1.165) is 17.0 Å². The molecule has 0 saturated carbocycles. The molecule has 4 heteroatoms. The van der Waals surface area contributed by atoms with Crippen LogP contribution in [0.3, 0.4) is 0 Å². The molecule has 1 rings (SSSR count). The van der Waals surface area contributed by atoms with E-state index in [1.54, 1.807) is 20.1 Å². The van der Waals surface area contributed by atoms with E-state index in [9.17, 15) is 4.79 Å². The van der Waals surface area contributed by atoms with Crippen molar-refractivity contribution >= 4 is 17.7 Å². The predicted octanol–water partition coefficient (Wildman–Crippen LogP) is 2.31. The fraction of sp³-hybridized carbons (Fsp3) is 0.308. The number of methoxy groups -OCH3 is 1. The van der Waals surface area contributed by atoms with Crippen LogP contribution in [-0.4, -0.2) is 26.7 Å². The van der Waals surface area contributed by atoms with Gasteiger partial charge in [0.25, 0.3) is 0 Å². The highest BCUT2D eigenvalue weighted by atomic mass is 16.5. The quantitative estimate of drug-likeness (QED) is 0.628. The van der Waals surface area contributed by atoms with Crippen LogP contribution in [-0.2, 0) is 9.53 Å². The van der Waals surface area contributed by atoms with Gasteiger partial charge in [-0.15, -0.1) is 0 Å². The zero-order valence-electron chi connectivity index (χ0n) is 10.3. The van der Waals surface area contributed by atoms with Crippen LogP contribution in [0.25, 0.3) is 6.08 Å². The van der Waals surface area contributed by atoms with Crippen LogP contribution in [0, 0.1) is 0 Å². The van der Waals surface area contributed by atoms with E-state index in [0.29, 0.717) is 6.61 Å². The van der Waals surface area contributed by atoms with E-state index >= 15 is 0 Å². The molecule has 0 aliphatic rings. The highest BCUT2D eigenvalue weighted by Gasteiger charge is 2.01. The van der Waals surface area contributed by atoms with E-state index in [-0.39, 0.29) is 5.97 Å². The molecule has 1 aromatic rings. The molecule has 4 nitrogen and oxygen atoms in total. The highest BCUT2D eigenvalue weighted by molar-refractivity contribution is 5.87. The summed E-state index contributed by atoms with van der Waals surface area (Å²) in [7, 11) is 3.43. The number of hydrogen-bond donors (Lipinski definition) is 1. The molecule has 92 valence electrons. The Kier molecular flexibility index (Phi) is 5.07. The Bertz CT molecular complexity index is 413. The number of nitrogens with one attached hydrogen (secondary N) is 1. The minimum absolute atomic E-state index is 0.343. The van der Waals surface area contributed by atoms with Gasteiger partial charge in [-0.3, -0.25) is 0 Å². The summed E-state index contributed by atoms with van der Waals surface area (Å²) in [6.07, 6.45) is 3.09. The van der Waals surface area contributed by atoms with Crippen LogP contribution >= 0.6 is 0 Å². The van der Waals surface area contributed by atoms with Crippen molar-refractivity contribution in [2.45, 2.75) is 6.92 Å². The van der Waals surface area contributed by atoms with Crippen molar-refractivity contribution in [3.63, 3.8) is 0 Å². The van der Waals surface area contributed by atoms with Crippen LogP contribution in [0.15, 0.2) is 24.3 Å². The average Bonchev–Trinajstić information content (AvgIpc) is 2.36. The van der Waals surface area contributed by atoms with Gasteiger partial charge >= 0.3 is 5.97 Å². The van der Waals surface area contributed by atoms with Crippen LogP contribution < -0.4 is 10.1 Å². The molecular formula is C13H17NO3. The van der Waals surface area contributed by atoms with E-state index in [4.69, 9.17) is 9.47 Å². The van der Waals surface area contributed by atoms with Crippen LogP contribution in [0.2, 0.25) is 0 Å². The molecule has 0 radical (unpaired) electrons. The fourth-order valence-corrected chi connectivity index (χ4v) is 1.37. The summed E-state index contributed by atoms with van der Waals surface area (Å²) >= 11 is 0. The van der Waals surface area contributed by atoms with E-state index in [1.807, 2.05) is 25.2 Å². The molecule has 0 aliphatic carbocycles. The van der Waals surface area contributed by atoms with Crippen molar-refractivity contribution in [3.05, 3.63) is 29.8 Å². The number of rotatable bonds is 5. The number of carbonyl (C=O) groups excluding carboxylic acids is 1. The minimum Gasteiger partial charge on any atom is -0.495 e. The Morgan fingerprint density at radius 1 is 1.47 bits per heavy atom. The van der Waals surface area contributed by atoms with Gasteiger partial charge in [0.15, 0.2) is 0 Å². The van der Waals surface area contributed by atoms with Gasteiger partial charge in [-0.05, 0) is 30.7 Å². The van der Waals surface area contributed by atoms with Crippen molar-refractivity contribution in [1.82, 2.24) is 0 Å². The molecule has 0 heterocycles. The lowest BCUT2D eigenvalue weighted by Crippen LogP contribution is -1.98. The van der Waals surface area contributed by atoms with Gasteiger partial charge in [0.2, 0.25) is 0 Å². The molecule has 0 bridgehead atoms. The first-order valence-electron chi connectivity index (χ1n) is 5.42. The second-order valence-corrected chi connectivity index (χ2v) is 3.30.